The van der Waals surface area contributed by atoms with Crippen molar-refractivity contribution in [3.63, 3.8) is 0 Å². The van der Waals surface area contributed by atoms with Crippen LogP contribution in [0.15, 0.2) is 358 Å². The van der Waals surface area contributed by atoms with Gasteiger partial charge in [0, 0.05) is 90.6 Å². The summed E-state index contributed by atoms with van der Waals surface area (Å²) in [4.78, 5) is 7.75. The van der Waals surface area contributed by atoms with Gasteiger partial charge in [0.05, 0.1) is 22.7 Å². The van der Waals surface area contributed by atoms with Gasteiger partial charge in [-0.3, -0.25) is 0 Å². The fourth-order valence-corrected chi connectivity index (χ4v) is 32.6. The van der Waals surface area contributed by atoms with Crippen molar-refractivity contribution in [1.29, 1.82) is 0 Å². The predicted octanol–water partition coefficient (Wildman–Crippen LogP) is 33.0. The Morgan fingerprint density at radius 2 is 0.488 bits per heavy atom. The van der Waals surface area contributed by atoms with Crippen molar-refractivity contribution < 1.29 is 0 Å². The molecule has 125 heavy (non-hydrogen) atoms. The topological polar surface area (TPSA) is 9.72 Å². The van der Waals surface area contributed by atoms with E-state index in [1.165, 1.54) is 232 Å². The van der Waals surface area contributed by atoms with Crippen LogP contribution < -0.4 is 14.7 Å². The molecule has 12 bridgehead atoms. The first-order valence-corrected chi connectivity index (χ1v) is 48.8. The second-order valence-corrected chi connectivity index (χ2v) is 41.9. The van der Waals surface area contributed by atoms with Crippen LogP contribution >= 0.6 is 22.7 Å². The summed E-state index contributed by atoms with van der Waals surface area (Å²) in [6, 6.07) is 135. The standard InChI is InChI=1S/2C40H33NS.C40H35N/c1-2-9-29(10-3-1)41(30-17-18-33-32-12-5-7-16-37(32)42-38(33)24-30)36-15-8-13-34-31-11-4-6-14-35(31)40(39(34)36)27-20-25-19-26(22-27)23-28(40)21-25;1-2-9-29(10-3-1)41(30-17-18-38-34(24-30)32-12-5-7-16-37(32)42-38)36-15-8-13-33-31-11-4-6-14-35(31)40(39(33)36)27-20-25-19-26(22-27)23-28(40)21-25;1-3-12-29(13-4-1)33-16-8-10-20-37(33)41(32-14-5-2-6-15-32)38-21-11-18-35-34-17-7-9-19-36(34)40(39(35)38)30-23-27-22-28(25-30)26-31(40)24-27/h2*1-18,24-28H,19-23H2;1-21,27-28,30-31H,22-26H2. The van der Waals surface area contributed by atoms with Crippen molar-refractivity contribution in [2.24, 2.45) is 71.0 Å². The molecule has 2 aromatic heterocycles. The quantitative estimate of drug-likeness (QED) is 0.135. The molecule has 15 aliphatic rings. The van der Waals surface area contributed by atoms with E-state index in [-0.39, 0.29) is 16.2 Å². The molecule has 3 nitrogen and oxygen atoms in total. The molecule has 0 N–H and O–H groups in total. The number of hydrogen-bond donors (Lipinski definition) is 0. The summed E-state index contributed by atoms with van der Waals surface area (Å²) in [5, 5.41) is 5.43. The van der Waals surface area contributed by atoms with Gasteiger partial charge in [-0.1, -0.05) is 255 Å². The van der Waals surface area contributed by atoms with Gasteiger partial charge in [0.1, 0.15) is 0 Å². The average Bonchev–Trinajstić information content (AvgIpc) is 1.54. The normalized spacial score (nSPS) is 26.7. The van der Waals surface area contributed by atoms with Gasteiger partial charge in [-0.05, 0) is 343 Å². The number of nitrogens with zero attached hydrogens (tertiary/aromatic N) is 3. The number of anilines is 9. The van der Waals surface area contributed by atoms with Gasteiger partial charge in [0.25, 0.3) is 0 Å². The summed E-state index contributed by atoms with van der Waals surface area (Å²) >= 11 is 3.81. The zero-order valence-corrected chi connectivity index (χ0v) is 72.4. The maximum absolute atomic E-state index is 2.59. The molecule has 0 saturated heterocycles. The fraction of sp³-hybridized carbons (Fsp3) is 0.250. The van der Waals surface area contributed by atoms with Crippen molar-refractivity contribution in [2.75, 3.05) is 14.7 Å². The molecule has 3 spiro atoms. The van der Waals surface area contributed by atoms with E-state index in [0.717, 1.165) is 71.0 Å². The third-order valence-electron chi connectivity index (χ3n) is 33.9. The maximum atomic E-state index is 2.59. The van der Waals surface area contributed by atoms with Crippen LogP contribution in [-0.4, -0.2) is 0 Å². The first-order chi connectivity index (χ1) is 61.9. The van der Waals surface area contributed by atoms with Crippen LogP contribution in [0.3, 0.4) is 0 Å². The van der Waals surface area contributed by atoms with Crippen LogP contribution in [-0.2, 0) is 16.2 Å². The number of hydrogen-bond acceptors (Lipinski definition) is 5. The lowest BCUT2D eigenvalue weighted by Gasteiger charge is -2.61. The second kappa shape index (κ2) is 28.6. The van der Waals surface area contributed by atoms with E-state index in [9.17, 15) is 0 Å². The number of benzene rings is 15. The van der Waals surface area contributed by atoms with Gasteiger partial charge in [-0.2, -0.15) is 0 Å². The van der Waals surface area contributed by atoms with Crippen LogP contribution in [0.5, 0.6) is 0 Å². The fourth-order valence-electron chi connectivity index (χ4n) is 30.4. The minimum absolute atomic E-state index is 0.102. The molecule has 12 saturated carbocycles. The Hall–Kier alpha value is -11.9. The number of fused-ring (bicyclic) bond motifs is 15. The highest BCUT2D eigenvalue weighted by molar-refractivity contribution is 7.26. The van der Waals surface area contributed by atoms with Gasteiger partial charge in [-0.15, -0.1) is 22.7 Å². The molecule has 17 aromatic rings. The Labute approximate surface area is 742 Å². The zero-order valence-electron chi connectivity index (χ0n) is 70.8. The molecule has 0 unspecified atom stereocenters. The average molecular weight is 1650 g/mol. The molecule has 608 valence electrons. The summed E-state index contributed by atoms with van der Waals surface area (Å²) in [5.41, 5.74) is 32.9. The Morgan fingerprint density at radius 1 is 0.192 bits per heavy atom. The second-order valence-electron chi connectivity index (χ2n) is 39.7. The molecule has 32 rings (SSSR count). The van der Waals surface area contributed by atoms with Crippen molar-refractivity contribution in [3.8, 4) is 44.5 Å². The van der Waals surface area contributed by atoms with E-state index < -0.39 is 0 Å². The van der Waals surface area contributed by atoms with Gasteiger partial charge in [0.15, 0.2) is 0 Å². The summed E-state index contributed by atoms with van der Waals surface area (Å²) in [5.74, 6) is 9.97. The van der Waals surface area contributed by atoms with E-state index in [0.29, 0.717) is 0 Å². The molecule has 15 aliphatic carbocycles. The van der Waals surface area contributed by atoms with E-state index in [1.54, 1.807) is 33.4 Å². The highest BCUT2D eigenvalue weighted by atomic mass is 32.1. The van der Waals surface area contributed by atoms with Gasteiger partial charge < -0.3 is 14.7 Å². The molecule has 0 aliphatic heterocycles. The van der Waals surface area contributed by atoms with Crippen molar-refractivity contribution in [3.05, 3.63) is 391 Å². The van der Waals surface area contributed by atoms with Gasteiger partial charge in [-0.25, -0.2) is 0 Å². The third-order valence-corrected chi connectivity index (χ3v) is 36.2. The van der Waals surface area contributed by atoms with Crippen molar-refractivity contribution >= 4 is 114 Å². The molecular weight excluding hydrogens is 1550 g/mol. The van der Waals surface area contributed by atoms with Gasteiger partial charge in [0.2, 0.25) is 0 Å². The van der Waals surface area contributed by atoms with Crippen LogP contribution in [0, 0.1) is 71.0 Å². The van der Waals surface area contributed by atoms with Crippen LogP contribution in [0.25, 0.3) is 84.9 Å². The molecular formula is C120H101N3S2. The summed E-state index contributed by atoms with van der Waals surface area (Å²) in [7, 11) is 0. The largest absolute Gasteiger partial charge is 0.310 e. The van der Waals surface area contributed by atoms with E-state index in [4.69, 9.17) is 0 Å². The number of thiophene rings is 2. The first kappa shape index (κ1) is 73.5. The lowest BCUT2D eigenvalue weighted by atomic mass is 9.43. The lowest BCUT2D eigenvalue weighted by Crippen LogP contribution is -2.55. The van der Waals surface area contributed by atoms with E-state index >= 15 is 0 Å². The van der Waals surface area contributed by atoms with Crippen molar-refractivity contribution in [2.45, 2.75) is 113 Å². The van der Waals surface area contributed by atoms with E-state index in [2.05, 4.69) is 373 Å². The highest BCUT2D eigenvalue weighted by Gasteiger charge is 2.66. The minimum atomic E-state index is 0.102. The summed E-state index contributed by atoms with van der Waals surface area (Å²) in [6.07, 6.45) is 21.2. The SMILES string of the molecule is c1ccc(-c2ccccc2N(c2ccccc2)c2cccc3c2C2(c4ccccc4-3)C3CC4CC(C3)CC2C4)cc1.c1ccc(N(c2ccc3c(c2)sc2ccccc23)c2cccc3c2C2(c4ccccc4-3)C3CC4CC(C3)CC2C4)cc1.c1ccc(N(c2ccc3sc4ccccc4c3c2)c2cccc3c2C2(c4ccccc4-3)C3CC4CC(C3)CC2C4)cc1. The number of rotatable bonds is 10. The number of para-hydroxylation sites is 4. The van der Waals surface area contributed by atoms with Crippen LogP contribution in [0.1, 0.15) is 130 Å². The molecule has 2 heterocycles. The maximum Gasteiger partial charge on any atom is 0.0540 e. The highest BCUT2D eigenvalue weighted by Crippen LogP contribution is 2.75. The Balaban J connectivity index is 0.0000000977. The monoisotopic (exact) mass is 1650 g/mol. The Kier molecular flexibility index (Phi) is 16.8. The Morgan fingerprint density at radius 3 is 0.920 bits per heavy atom. The molecule has 0 atom stereocenters. The predicted molar refractivity (Wildman–Crippen MR) is 524 cm³/mol. The molecule has 0 amide bonds. The van der Waals surface area contributed by atoms with E-state index in [1.807, 2.05) is 22.7 Å². The van der Waals surface area contributed by atoms with Crippen LogP contribution in [0.4, 0.5) is 51.2 Å². The summed E-state index contributed by atoms with van der Waals surface area (Å²) in [6.45, 7) is 0. The van der Waals surface area contributed by atoms with Crippen molar-refractivity contribution in [1.82, 2.24) is 0 Å². The third kappa shape index (κ3) is 10.8. The van der Waals surface area contributed by atoms with Gasteiger partial charge >= 0.3 is 0 Å². The Bertz CT molecular complexity index is 7040. The zero-order chi connectivity index (χ0) is 81.8. The smallest absolute Gasteiger partial charge is 0.0540 e. The first-order valence-electron chi connectivity index (χ1n) is 47.1. The summed E-state index contributed by atoms with van der Waals surface area (Å²) < 4.78 is 5.44. The lowest BCUT2D eigenvalue weighted by molar-refractivity contribution is -0.0397. The van der Waals surface area contributed by atoms with Crippen LogP contribution in [0.2, 0.25) is 0 Å². The molecule has 5 heteroatoms. The molecule has 0 radical (unpaired) electrons. The molecule has 12 fully saturated rings. The molecule has 15 aromatic carbocycles. The minimum Gasteiger partial charge on any atom is -0.310 e.